The summed E-state index contributed by atoms with van der Waals surface area (Å²) in [6.45, 7) is 8.39. The fraction of sp³-hybridized carbons (Fsp3) is 0.308. The molecule has 0 fully saturated rings. The molecule has 10 heteroatoms. The Kier molecular flexibility index (Phi) is 8.70. The summed E-state index contributed by atoms with van der Waals surface area (Å²) in [4.78, 5) is 41.0. The Balaban J connectivity index is 2.21. The van der Waals surface area contributed by atoms with E-state index in [0.29, 0.717) is 28.7 Å². The number of nitrogens with zero attached hydrogens (tertiary/aromatic N) is 2. The molecule has 1 atom stereocenters. The molecule has 5 N–H and O–H groups in total. The first kappa shape index (κ1) is 27.2. The zero-order valence-corrected chi connectivity index (χ0v) is 22.2. The molecule has 0 spiro atoms. The van der Waals surface area contributed by atoms with Crippen LogP contribution in [0.1, 0.15) is 63.2 Å². The number of nitrogens with one attached hydrogen (secondary N) is 1. The smallest absolute Gasteiger partial charge is 0.273 e. The number of hydrogen-bond acceptors (Lipinski definition) is 6. The Morgan fingerprint density at radius 3 is 2.36 bits per heavy atom. The lowest BCUT2D eigenvalue weighted by Gasteiger charge is -2.33. The minimum Gasteiger partial charge on any atom is -0.395 e. The van der Waals surface area contributed by atoms with Crippen LogP contribution in [-0.2, 0) is 4.79 Å². The molecule has 36 heavy (non-hydrogen) atoms. The lowest BCUT2D eigenvalue weighted by molar-refractivity contribution is -0.122. The van der Waals surface area contributed by atoms with Gasteiger partial charge in [-0.2, -0.15) is 4.37 Å². The number of carbonyl (C=O) groups is 3. The molecule has 0 saturated carbocycles. The van der Waals surface area contributed by atoms with Crippen molar-refractivity contribution in [2.75, 3.05) is 17.2 Å². The van der Waals surface area contributed by atoms with Crippen molar-refractivity contribution in [1.29, 1.82) is 0 Å². The van der Waals surface area contributed by atoms with Crippen molar-refractivity contribution in [3.8, 4) is 0 Å². The average molecular weight is 528 g/mol. The number of hydrogen-bond donors (Lipinski definition) is 3. The minimum atomic E-state index is -1.04. The minimum absolute atomic E-state index is 0.0265. The molecule has 0 aliphatic heterocycles. The van der Waals surface area contributed by atoms with E-state index in [-0.39, 0.29) is 22.2 Å². The first-order valence-electron chi connectivity index (χ1n) is 11.5. The Labute approximate surface area is 219 Å². The van der Waals surface area contributed by atoms with Gasteiger partial charge in [0.25, 0.3) is 11.8 Å². The van der Waals surface area contributed by atoms with Gasteiger partial charge >= 0.3 is 0 Å². The van der Waals surface area contributed by atoms with E-state index < -0.39 is 17.9 Å². The van der Waals surface area contributed by atoms with Gasteiger partial charge in [0, 0.05) is 17.3 Å². The second-order valence-electron chi connectivity index (χ2n) is 8.96. The standard InChI is InChI=1S/C26H30ClN5O3S/c1-14(2)12-13-30-25(34)22(17-8-10-18(27)11-9-17)32(19-7-5-6-15(3)16(19)4)26(35)23-20(28)21(24(29)33)31-36-23/h5-11,14,22H,12-13,28H2,1-4H3,(H2,29,33)(H,30,34). The van der Waals surface area contributed by atoms with Crippen molar-refractivity contribution < 1.29 is 14.4 Å². The van der Waals surface area contributed by atoms with Gasteiger partial charge in [-0.3, -0.25) is 19.3 Å². The maximum absolute atomic E-state index is 14.1. The lowest BCUT2D eigenvalue weighted by Crippen LogP contribution is -2.44. The topological polar surface area (TPSA) is 131 Å². The first-order valence-corrected chi connectivity index (χ1v) is 12.7. The van der Waals surface area contributed by atoms with Crippen molar-refractivity contribution in [2.45, 2.75) is 40.2 Å². The number of benzene rings is 2. The van der Waals surface area contributed by atoms with Crippen LogP contribution < -0.4 is 21.7 Å². The molecule has 1 unspecified atom stereocenters. The van der Waals surface area contributed by atoms with Gasteiger partial charge in [-0.05, 0) is 72.6 Å². The fourth-order valence-electron chi connectivity index (χ4n) is 3.74. The SMILES string of the molecule is Cc1cccc(N(C(=O)c2snc(C(N)=O)c2N)C(C(=O)NCCC(C)C)c2ccc(Cl)cc2)c1C. The van der Waals surface area contributed by atoms with Crippen LogP contribution in [0.3, 0.4) is 0 Å². The second kappa shape index (κ2) is 11.5. The third-order valence-electron chi connectivity index (χ3n) is 5.92. The molecule has 2 aromatic carbocycles. The molecule has 0 bridgehead atoms. The molecular formula is C26H30ClN5O3S. The highest BCUT2D eigenvalue weighted by molar-refractivity contribution is 7.09. The zero-order valence-electron chi connectivity index (χ0n) is 20.7. The number of carbonyl (C=O) groups excluding carboxylic acids is 3. The third kappa shape index (κ3) is 5.85. The predicted molar refractivity (Wildman–Crippen MR) is 144 cm³/mol. The highest BCUT2D eigenvalue weighted by Crippen LogP contribution is 2.36. The van der Waals surface area contributed by atoms with Crippen LogP contribution in [0, 0.1) is 19.8 Å². The number of aryl methyl sites for hydroxylation is 1. The molecule has 0 saturated heterocycles. The predicted octanol–water partition coefficient (Wildman–Crippen LogP) is 4.64. The molecule has 8 nitrogen and oxygen atoms in total. The normalized spacial score (nSPS) is 11.8. The highest BCUT2D eigenvalue weighted by atomic mass is 35.5. The van der Waals surface area contributed by atoms with Gasteiger partial charge in [0.15, 0.2) is 5.69 Å². The van der Waals surface area contributed by atoms with Gasteiger partial charge in [0.1, 0.15) is 10.9 Å². The summed E-state index contributed by atoms with van der Waals surface area (Å²) in [6.07, 6.45) is 0.778. The molecule has 3 aromatic rings. The maximum Gasteiger partial charge on any atom is 0.273 e. The van der Waals surface area contributed by atoms with Gasteiger partial charge < -0.3 is 16.8 Å². The third-order valence-corrected chi connectivity index (χ3v) is 7.03. The number of aromatic nitrogens is 1. The van der Waals surface area contributed by atoms with E-state index in [1.54, 1.807) is 30.3 Å². The van der Waals surface area contributed by atoms with E-state index in [2.05, 4.69) is 23.5 Å². The molecule has 3 rings (SSSR count). The lowest BCUT2D eigenvalue weighted by atomic mass is 9.99. The van der Waals surface area contributed by atoms with E-state index in [1.165, 1.54) is 4.90 Å². The monoisotopic (exact) mass is 527 g/mol. The molecule has 0 radical (unpaired) electrons. The summed E-state index contributed by atoms with van der Waals surface area (Å²) in [7, 11) is 0. The Morgan fingerprint density at radius 2 is 1.78 bits per heavy atom. The van der Waals surface area contributed by atoms with E-state index in [9.17, 15) is 14.4 Å². The van der Waals surface area contributed by atoms with Crippen LogP contribution in [0.2, 0.25) is 5.02 Å². The largest absolute Gasteiger partial charge is 0.395 e. The van der Waals surface area contributed by atoms with E-state index in [1.807, 2.05) is 26.0 Å². The second-order valence-corrected chi connectivity index (χ2v) is 10.2. The number of nitrogens with two attached hydrogens (primary N) is 2. The summed E-state index contributed by atoms with van der Waals surface area (Å²) < 4.78 is 3.99. The number of rotatable bonds is 9. The Hall–Kier alpha value is -3.43. The van der Waals surface area contributed by atoms with Crippen molar-refractivity contribution in [1.82, 2.24) is 9.69 Å². The van der Waals surface area contributed by atoms with Crippen LogP contribution >= 0.6 is 23.1 Å². The van der Waals surface area contributed by atoms with E-state index in [4.69, 9.17) is 23.1 Å². The number of halogens is 1. The molecular weight excluding hydrogens is 498 g/mol. The van der Waals surface area contributed by atoms with Gasteiger partial charge in [-0.15, -0.1) is 0 Å². The maximum atomic E-state index is 14.1. The van der Waals surface area contributed by atoms with Crippen LogP contribution in [0.25, 0.3) is 0 Å². The van der Waals surface area contributed by atoms with Crippen molar-refractivity contribution in [2.24, 2.45) is 11.7 Å². The van der Waals surface area contributed by atoms with Crippen molar-refractivity contribution in [3.05, 3.63) is 74.7 Å². The summed E-state index contributed by atoms with van der Waals surface area (Å²) in [6, 6.07) is 11.2. The van der Waals surface area contributed by atoms with E-state index in [0.717, 1.165) is 29.1 Å². The number of nitrogen functional groups attached to an aromatic ring is 1. The number of primary amides is 1. The fourth-order valence-corrected chi connectivity index (χ4v) is 4.61. The molecule has 3 amide bonds. The van der Waals surface area contributed by atoms with Crippen LogP contribution in [0.4, 0.5) is 11.4 Å². The molecule has 190 valence electrons. The van der Waals surface area contributed by atoms with Gasteiger partial charge in [-0.25, -0.2) is 0 Å². The van der Waals surface area contributed by atoms with Crippen molar-refractivity contribution >= 4 is 52.2 Å². The van der Waals surface area contributed by atoms with E-state index >= 15 is 0 Å². The molecule has 0 aliphatic rings. The quantitative estimate of drug-likeness (QED) is 0.373. The molecule has 0 aliphatic carbocycles. The Bertz CT molecular complexity index is 1270. The van der Waals surface area contributed by atoms with Crippen LogP contribution in [0.15, 0.2) is 42.5 Å². The highest BCUT2D eigenvalue weighted by Gasteiger charge is 2.36. The van der Waals surface area contributed by atoms with Crippen molar-refractivity contribution in [3.63, 3.8) is 0 Å². The molecule has 1 heterocycles. The molecule has 1 aromatic heterocycles. The number of amides is 3. The summed E-state index contributed by atoms with van der Waals surface area (Å²) in [5.74, 6) is -1.36. The van der Waals surface area contributed by atoms with Crippen LogP contribution in [-0.4, -0.2) is 28.6 Å². The first-order chi connectivity index (χ1) is 17.0. The number of anilines is 2. The summed E-state index contributed by atoms with van der Waals surface area (Å²) in [5.41, 5.74) is 14.1. The van der Waals surface area contributed by atoms with Crippen LogP contribution in [0.5, 0.6) is 0 Å². The van der Waals surface area contributed by atoms with Gasteiger partial charge in [0.05, 0.1) is 5.69 Å². The Morgan fingerprint density at radius 1 is 1.11 bits per heavy atom. The van der Waals surface area contributed by atoms with Gasteiger partial charge in [-0.1, -0.05) is 49.7 Å². The summed E-state index contributed by atoms with van der Waals surface area (Å²) in [5, 5.41) is 3.47. The van der Waals surface area contributed by atoms with Gasteiger partial charge in [0.2, 0.25) is 5.91 Å². The summed E-state index contributed by atoms with van der Waals surface area (Å²) >= 11 is 6.89. The average Bonchev–Trinajstić information content (AvgIpc) is 3.21. The zero-order chi connectivity index (χ0) is 26.6.